The van der Waals surface area contributed by atoms with Gasteiger partial charge in [-0.1, -0.05) is 6.07 Å². The topological polar surface area (TPSA) is 87.7 Å². The molecule has 1 aliphatic heterocycles. The van der Waals surface area contributed by atoms with E-state index in [9.17, 15) is 13.2 Å². The Morgan fingerprint density at radius 1 is 1.28 bits per heavy atom. The standard InChI is InChI=1S/C17H25N3O4S/c1-24-15-5-3-4-14(12-15)19-17(16(21)18-13-6-7-13)8-10-20(11-9-17)25(2,22)23/h3-5,12-13,19H,6-11H2,1-2H3,(H,18,21). The summed E-state index contributed by atoms with van der Waals surface area (Å²) in [4.78, 5) is 12.9. The van der Waals surface area contributed by atoms with Crippen molar-refractivity contribution in [2.24, 2.45) is 0 Å². The second-order valence-electron chi connectivity index (χ2n) is 6.85. The maximum absolute atomic E-state index is 12.9. The van der Waals surface area contributed by atoms with Crippen molar-refractivity contribution in [1.82, 2.24) is 9.62 Å². The zero-order valence-corrected chi connectivity index (χ0v) is 15.4. The zero-order chi connectivity index (χ0) is 18.1. The molecule has 2 fully saturated rings. The van der Waals surface area contributed by atoms with E-state index < -0.39 is 15.6 Å². The third-order valence-electron chi connectivity index (χ3n) is 4.85. The summed E-state index contributed by atoms with van der Waals surface area (Å²) < 4.78 is 30.2. The van der Waals surface area contributed by atoms with Crippen molar-refractivity contribution in [2.75, 3.05) is 31.8 Å². The van der Waals surface area contributed by atoms with Crippen LogP contribution in [0.25, 0.3) is 0 Å². The van der Waals surface area contributed by atoms with Gasteiger partial charge in [0.05, 0.1) is 13.4 Å². The molecule has 1 saturated carbocycles. The van der Waals surface area contributed by atoms with Gasteiger partial charge in [0.2, 0.25) is 15.9 Å². The van der Waals surface area contributed by atoms with E-state index in [1.807, 2.05) is 24.3 Å². The quantitative estimate of drug-likeness (QED) is 0.788. The highest BCUT2D eigenvalue weighted by Gasteiger charge is 2.44. The first kappa shape index (κ1) is 18.0. The van der Waals surface area contributed by atoms with Gasteiger partial charge in [-0.25, -0.2) is 12.7 Å². The van der Waals surface area contributed by atoms with Crippen LogP contribution >= 0.6 is 0 Å². The number of benzene rings is 1. The van der Waals surface area contributed by atoms with E-state index in [1.165, 1.54) is 10.6 Å². The molecule has 3 rings (SSSR count). The molecule has 8 heteroatoms. The number of amides is 1. The van der Waals surface area contributed by atoms with Gasteiger partial charge in [-0.3, -0.25) is 4.79 Å². The molecule has 0 spiro atoms. The number of piperidine rings is 1. The normalized spacial score (nSPS) is 20.7. The number of hydrogen-bond donors (Lipinski definition) is 2. The first-order valence-electron chi connectivity index (χ1n) is 8.51. The maximum atomic E-state index is 12.9. The lowest BCUT2D eigenvalue weighted by Crippen LogP contribution is -2.59. The predicted octanol–water partition coefficient (Wildman–Crippen LogP) is 1.18. The number of carbonyl (C=O) groups excluding carboxylic acids is 1. The van der Waals surface area contributed by atoms with Crippen molar-refractivity contribution >= 4 is 21.6 Å². The average molecular weight is 367 g/mol. The van der Waals surface area contributed by atoms with Crippen molar-refractivity contribution in [1.29, 1.82) is 0 Å². The molecule has 0 unspecified atom stereocenters. The van der Waals surface area contributed by atoms with Gasteiger partial charge >= 0.3 is 0 Å². The van der Waals surface area contributed by atoms with Crippen LogP contribution in [0, 0.1) is 0 Å². The zero-order valence-electron chi connectivity index (χ0n) is 14.6. The molecule has 0 bridgehead atoms. The fraction of sp³-hybridized carbons (Fsp3) is 0.588. The van der Waals surface area contributed by atoms with Gasteiger partial charge in [-0.15, -0.1) is 0 Å². The van der Waals surface area contributed by atoms with Crippen LogP contribution in [-0.2, 0) is 14.8 Å². The number of sulfonamides is 1. The highest BCUT2D eigenvalue weighted by molar-refractivity contribution is 7.88. The van der Waals surface area contributed by atoms with Crippen molar-refractivity contribution in [2.45, 2.75) is 37.3 Å². The van der Waals surface area contributed by atoms with Crippen molar-refractivity contribution in [3.05, 3.63) is 24.3 Å². The molecule has 1 amide bonds. The summed E-state index contributed by atoms with van der Waals surface area (Å²) in [6.45, 7) is 0.655. The van der Waals surface area contributed by atoms with E-state index in [4.69, 9.17) is 4.74 Å². The molecular formula is C17H25N3O4S. The lowest BCUT2D eigenvalue weighted by atomic mass is 9.86. The van der Waals surface area contributed by atoms with E-state index in [0.717, 1.165) is 18.5 Å². The lowest BCUT2D eigenvalue weighted by molar-refractivity contribution is -0.126. The smallest absolute Gasteiger partial charge is 0.245 e. The first-order chi connectivity index (χ1) is 11.8. The van der Waals surface area contributed by atoms with Gasteiger partial charge in [0.1, 0.15) is 11.3 Å². The van der Waals surface area contributed by atoms with Crippen LogP contribution in [0.2, 0.25) is 0 Å². The van der Waals surface area contributed by atoms with Crippen molar-refractivity contribution in [3.63, 3.8) is 0 Å². The molecule has 25 heavy (non-hydrogen) atoms. The molecule has 7 nitrogen and oxygen atoms in total. The van der Waals surface area contributed by atoms with Crippen molar-refractivity contribution < 1.29 is 17.9 Å². The lowest BCUT2D eigenvalue weighted by Gasteiger charge is -2.41. The molecule has 2 N–H and O–H groups in total. The minimum Gasteiger partial charge on any atom is -0.497 e. The average Bonchev–Trinajstić information content (AvgIpc) is 3.38. The predicted molar refractivity (Wildman–Crippen MR) is 96.2 cm³/mol. The first-order valence-corrected chi connectivity index (χ1v) is 10.4. The Hall–Kier alpha value is -1.80. The van der Waals surface area contributed by atoms with Gasteiger partial charge in [0.15, 0.2) is 0 Å². The van der Waals surface area contributed by atoms with E-state index in [0.29, 0.717) is 31.7 Å². The fourth-order valence-electron chi connectivity index (χ4n) is 3.14. The molecule has 1 saturated heterocycles. The summed E-state index contributed by atoms with van der Waals surface area (Å²) in [5.74, 6) is 0.655. The summed E-state index contributed by atoms with van der Waals surface area (Å²) in [5.41, 5.74) is -0.0195. The number of anilines is 1. The van der Waals surface area contributed by atoms with E-state index in [1.54, 1.807) is 7.11 Å². The summed E-state index contributed by atoms with van der Waals surface area (Å²) in [6.07, 6.45) is 4.08. The highest BCUT2D eigenvalue weighted by atomic mass is 32.2. The van der Waals surface area contributed by atoms with Gasteiger partial charge < -0.3 is 15.4 Å². The highest BCUT2D eigenvalue weighted by Crippen LogP contribution is 2.31. The Balaban J connectivity index is 1.81. The monoisotopic (exact) mass is 367 g/mol. The van der Waals surface area contributed by atoms with Gasteiger partial charge in [0, 0.05) is 30.9 Å². The Labute approximate surface area is 148 Å². The van der Waals surface area contributed by atoms with E-state index >= 15 is 0 Å². The molecule has 0 atom stereocenters. The molecule has 0 aromatic heterocycles. The van der Waals surface area contributed by atoms with Crippen LogP contribution < -0.4 is 15.4 Å². The Bertz CT molecular complexity index is 738. The number of carbonyl (C=O) groups is 1. The fourth-order valence-corrected chi connectivity index (χ4v) is 3.98. The minimum atomic E-state index is -3.24. The number of nitrogens with one attached hydrogen (secondary N) is 2. The number of hydrogen-bond acceptors (Lipinski definition) is 5. The molecule has 1 aromatic rings. The second kappa shape index (κ2) is 6.84. The van der Waals surface area contributed by atoms with Crippen molar-refractivity contribution in [3.8, 4) is 5.75 Å². The molecule has 1 heterocycles. The summed E-state index contributed by atoms with van der Waals surface area (Å²) in [5, 5.41) is 6.43. The summed E-state index contributed by atoms with van der Waals surface area (Å²) in [7, 11) is -1.65. The minimum absolute atomic E-state index is 0.0500. The number of nitrogens with zero attached hydrogens (tertiary/aromatic N) is 1. The van der Waals surface area contributed by atoms with Gasteiger partial charge in [-0.05, 0) is 37.8 Å². The maximum Gasteiger partial charge on any atom is 0.245 e. The largest absolute Gasteiger partial charge is 0.497 e. The molecule has 2 aliphatic rings. The van der Waals surface area contributed by atoms with Crippen LogP contribution in [0.15, 0.2) is 24.3 Å². The molecule has 1 aliphatic carbocycles. The third kappa shape index (κ3) is 4.24. The van der Waals surface area contributed by atoms with Crippen LogP contribution in [0.4, 0.5) is 5.69 Å². The Morgan fingerprint density at radius 2 is 1.96 bits per heavy atom. The molecule has 0 radical (unpaired) electrons. The number of methoxy groups -OCH3 is 1. The van der Waals surface area contributed by atoms with Crippen LogP contribution in [0.5, 0.6) is 5.75 Å². The summed E-state index contributed by atoms with van der Waals surface area (Å²) in [6, 6.07) is 7.69. The van der Waals surface area contributed by atoms with E-state index in [2.05, 4.69) is 10.6 Å². The molecule has 138 valence electrons. The number of ether oxygens (including phenoxy) is 1. The Morgan fingerprint density at radius 3 is 2.52 bits per heavy atom. The van der Waals surface area contributed by atoms with Crippen LogP contribution in [0.1, 0.15) is 25.7 Å². The van der Waals surface area contributed by atoms with Crippen LogP contribution in [-0.4, -0.2) is 56.7 Å². The molecule has 1 aromatic carbocycles. The second-order valence-corrected chi connectivity index (χ2v) is 8.83. The van der Waals surface area contributed by atoms with Crippen LogP contribution in [0.3, 0.4) is 0 Å². The van der Waals surface area contributed by atoms with Gasteiger partial charge in [-0.2, -0.15) is 0 Å². The van der Waals surface area contributed by atoms with E-state index in [-0.39, 0.29) is 11.9 Å². The SMILES string of the molecule is COc1cccc(NC2(C(=O)NC3CC3)CCN(S(C)(=O)=O)CC2)c1. The summed E-state index contributed by atoms with van der Waals surface area (Å²) >= 11 is 0. The Kier molecular flexibility index (Phi) is 4.92. The number of rotatable bonds is 6. The van der Waals surface area contributed by atoms with Gasteiger partial charge in [0.25, 0.3) is 0 Å². The molecular weight excluding hydrogens is 342 g/mol. The third-order valence-corrected chi connectivity index (χ3v) is 6.15.